The number of nitrogens with zero attached hydrogens (tertiary/aromatic N) is 1. The van der Waals surface area contributed by atoms with Gasteiger partial charge < -0.3 is 5.32 Å². The van der Waals surface area contributed by atoms with Crippen LogP contribution in [0.15, 0.2) is 24.3 Å². The van der Waals surface area contributed by atoms with E-state index in [0.29, 0.717) is 17.8 Å². The predicted octanol–water partition coefficient (Wildman–Crippen LogP) is 1.51. The summed E-state index contributed by atoms with van der Waals surface area (Å²) in [5, 5.41) is 2.70. The molecule has 5 nitrogen and oxygen atoms in total. The van der Waals surface area contributed by atoms with Crippen molar-refractivity contribution in [3.8, 4) is 0 Å². The zero-order valence-electron chi connectivity index (χ0n) is 11.0. The van der Waals surface area contributed by atoms with Gasteiger partial charge in [-0.1, -0.05) is 18.2 Å². The standard InChI is InChI=1S/C14H16N2O3/c1-3-16-13(18)8-11(14(16)19)10-6-4-5-7-12(10)15-9(2)17/h4-7,11H,3,8H2,1-2H3,(H,15,17). The number of rotatable bonds is 3. The topological polar surface area (TPSA) is 66.5 Å². The number of likely N-dealkylation sites (tertiary alicyclic amines) is 1. The zero-order chi connectivity index (χ0) is 14.0. The molecule has 1 atom stereocenters. The van der Waals surface area contributed by atoms with Gasteiger partial charge in [-0.25, -0.2) is 0 Å². The van der Waals surface area contributed by atoms with Crippen LogP contribution in [0.2, 0.25) is 0 Å². The fourth-order valence-electron chi connectivity index (χ4n) is 2.36. The van der Waals surface area contributed by atoms with Crippen LogP contribution in [0.3, 0.4) is 0 Å². The lowest BCUT2D eigenvalue weighted by Crippen LogP contribution is -2.30. The Bertz CT molecular complexity index is 539. The van der Waals surface area contributed by atoms with Gasteiger partial charge in [0.05, 0.1) is 5.92 Å². The minimum absolute atomic E-state index is 0.157. The largest absolute Gasteiger partial charge is 0.326 e. The Balaban J connectivity index is 2.35. The Kier molecular flexibility index (Phi) is 3.64. The lowest BCUT2D eigenvalue weighted by molar-refractivity contribution is -0.138. The van der Waals surface area contributed by atoms with Crippen molar-refractivity contribution in [1.29, 1.82) is 0 Å². The number of nitrogens with one attached hydrogen (secondary N) is 1. The van der Waals surface area contributed by atoms with Crippen molar-refractivity contribution < 1.29 is 14.4 Å². The number of carbonyl (C=O) groups excluding carboxylic acids is 3. The molecule has 1 N–H and O–H groups in total. The number of likely N-dealkylation sites (N-methyl/N-ethyl adjacent to an activating group) is 1. The van der Waals surface area contributed by atoms with Gasteiger partial charge in [0.1, 0.15) is 0 Å². The molecular weight excluding hydrogens is 244 g/mol. The first-order valence-electron chi connectivity index (χ1n) is 6.25. The van der Waals surface area contributed by atoms with Gasteiger partial charge in [-0.05, 0) is 18.6 Å². The highest BCUT2D eigenvalue weighted by Gasteiger charge is 2.39. The summed E-state index contributed by atoms with van der Waals surface area (Å²) in [6, 6.07) is 7.10. The molecule has 19 heavy (non-hydrogen) atoms. The summed E-state index contributed by atoms with van der Waals surface area (Å²) in [6.07, 6.45) is 0.170. The van der Waals surface area contributed by atoms with Crippen LogP contribution in [0.5, 0.6) is 0 Å². The average Bonchev–Trinajstić information content (AvgIpc) is 2.64. The average molecular weight is 260 g/mol. The normalized spacial score (nSPS) is 18.8. The van der Waals surface area contributed by atoms with E-state index in [1.54, 1.807) is 31.2 Å². The molecule has 1 unspecified atom stereocenters. The summed E-state index contributed by atoms with van der Waals surface area (Å²) in [4.78, 5) is 36.4. The Morgan fingerprint density at radius 1 is 1.37 bits per heavy atom. The summed E-state index contributed by atoms with van der Waals surface area (Å²) in [5.74, 6) is -1.03. The van der Waals surface area contributed by atoms with Crippen molar-refractivity contribution >= 4 is 23.4 Å². The smallest absolute Gasteiger partial charge is 0.237 e. The molecule has 1 aliphatic heterocycles. The van der Waals surface area contributed by atoms with Gasteiger partial charge in [0.2, 0.25) is 17.7 Å². The van der Waals surface area contributed by atoms with Crippen LogP contribution in [0.25, 0.3) is 0 Å². The third kappa shape index (κ3) is 2.50. The molecule has 100 valence electrons. The van der Waals surface area contributed by atoms with E-state index in [-0.39, 0.29) is 24.1 Å². The van der Waals surface area contributed by atoms with E-state index in [1.165, 1.54) is 11.8 Å². The summed E-state index contributed by atoms with van der Waals surface area (Å²) in [5.41, 5.74) is 1.30. The maximum atomic E-state index is 12.2. The van der Waals surface area contributed by atoms with Crippen molar-refractivity contribution in [2.75, 3.05) is 11.9 Å². The second-order valence-corrected chi connectivity index (χ2v) is 4.50. The lowest BCUT2D eigenvalue weighted by atomic mass is 9.95. The Hall–Kier alpha value is -2.17. The minimum Gasteiger partial charge on any atom is -0.326 e. The third-order valence-electron chi connectivity index (χ3n) is 3.21. The van der Waals surface area contributed by atoms with Gasteiger partial charge in [0.15, 0.2) is 0 Å². The van der Waals surface area contributed by atoms with Gasteiger partial charge in [-0.15, -0.1) is 0 Å². The van der Waals surface area contributed by atoms with Crippen LogP contribution in [0.4, 0.5) is 5.69 Å². The molecule has 1 heterocycles. The van der Waals surface area contributed by atoms with Gasteiger partial charge in [0, 0.05) is 25.6 Å². The number of hydrogen-bond acceptors (Lipinski definition) is 3. The Labute approximate surface area is 111 Å². The molecule has 0 aliphatic carbocycles. The van der Waals surface area contributed by atoms with Crippen LogP contribution < -0.4 is 5.32 Å². The predicted molar refractivity (Wildman–Crippen MR) is 70.5 cm³/mol. The van der Waals surface area contributed by atoms with Crippen LogP contribution in [-0.2, 0) is 14.4 Å². The molecule has 0 saturated carbocycles. The van der Waals surface area contributed by atoms with Crippen LogP contribution >= 0.6 is 0 Å². The van der Waals surface area contributed by atoms with Crippen LogP contribution in [0, 0.1) is 0 Å². The second kappa shape index (κ2) is 5.22. The molecule has 5 heteroatoms. The molecule has 0 radical (unpaired) electrons. The maximum absolute atomic E-state index is 12.2. The van der Waals surface area contributed by atoms with E-state index in [9.17, 15) is 14.4 Å². The SMILES string of the molecule is CCN1C(=O)CC(c2ccccc2NC(C)=O)C1=O. The van der Waals surface area contributed by atoms with Crippen molar-refractivity contribution in [2.24, 2.45) is 0 Å². The number of anilines is 1. The molecule has 1 aromatic carbocycles. The molecule has 3 amide bonds. The molecule has 1 saturated heterocycles. The van der Waals surface area contributed by atoms with Gasteiger partial charge >= 0.3 is 0 Å². The first kappa shape index (κ1) is 13.3. The van der Waals surface area contributed by atoms with Gasteiger partial charge in [-0.2, -0.15) is 0 Å². The van der Waals surface area contributed by atoms with E-state index in [2.05, 4.69) is 5.32 Å². The van der Waals surface area contributed by atoms with E-state index in [4.69, 9.17) is 0 Å². The Morgan fingerprint density at radius 3 is 2.63 bits per heavy atom. The molecule has 1 fully saturated rings. The fraction of sp³-hybridized carbons (Fsp3) is 0.357. The van der Waals surface area contributed by atoms with Gasteiger partial charge in [0.25, 0.3) is 0 Å². The third-order valence-corrected chi connectivity index (χ3v) is 3.21. The highest BCUT2D eigenvalue weighted by atomic mass is 16.2. The molecule has 0 aromatic heterocycles. The van der Waals surface area contributed by atoms with Crippen LogP contribution in [-0.4, -0.2) is 29.2 Å². The summed E-state index contributed by atoms with van der Waals surface area (Å²) < 4.78 is 0. The number of benzene rings is 1. The lowest BCUT2D eigenvalue weighted by Gasteiger charge is -2.15. The van der Waals surface area contributed by atoms with E-state index in [1.807, 2.05) is 0 Å². The minimum atomic E-state index is -0.490. The van der Waals surface area contributed by atoms with Crippen LogP contribution in [0.1, 0.15) is 31.7 Å². The summed E-state index contributed by atoms with van der Waals surface area (Å²) in [7, 11) is 0. The molecule has 1 aromatic rings. The van der Waals surface area contributed by atoms with Crippen molar-refractivity contribution in [3.63, 3.8) is 0 Å². The quantitative estimate of drug-likeness (QED) is 0.838. The number of amides is 3. The molecular formula is C14H16N2O3. The van der Waals surface area contributed by atoms with Crippen molar-refractivity contribution in [3.05, 3.63) is 29.8 Å². The highest BCUT2D eigenvalue weighted by Crippen LogP contribution is 2.33. The highest BCUT2D eigenvalue weighted by molar-refractivity contribution is 6.07. The first-order valence-corrected chi connectivity index (χ1v) is 6.25. The number of para-hydroxylation sites is 1. The molecule has 1 aliphatic rings. The van der Waals surface area contributed by atoms with E-state index in [0.717, 1.165) is 0 Å². The van der Waals surface area contributed by atoms with E-state index < -0.39 is 5.92 Å². The zero-order valence-corrected chi connectivity index (χ0v) is 11.0. The maximum Gasteiger partial charge on any atom is 0.237 e. The number of hydrogen-bond donors (Lipinski definition) is 1. The van der Waals surface area contributed by atoms with Crippen molar-refractivity contribution in [1.82, 2.24) is 4.90 Å². The molecule has 0 spiro atoms. The summed E-state index contributed by atoms with van der Waals surface area (Å²) in [6.45, 7) is 3.57. The number of imide groups is 1. The first-order chi connectivity index (χ1) is 9.04. The molecule has 2 rings (SSSR count). The van der Waals surface area contributed by atoms with Gasteiger partial charge in [-0.3, -0.25) is 19.3 Å². The Morgan fingerprint density at radius 2 is 2.05 bits per heavy atom. The second-order valence-electron chi connectivity index (χ2n) is 4.50. The fourth-order valence-corrected chi connectivity index (χ4v) is 2.36. The molecule has 0 bridgehead atoms. The van der Waals surface area contributed by atoms with Crippen molar-refractivity contribution in [2.45, 2.75) is 26.2 Å². The van der Waals surface area contributed by atoms with E-state index >= 15 is 0 Å². The summed E-state index contributed by atoms with van der Waals surface area (Å²) >= 11 is 0. The number of carbonyl (C=O) groups is 3. The monoisotopic (exact) mass is 260 g/mol.